The van der Waals surface area contributed by atoms with E-state index in [2.05, 4.69) is 15.4 Å². The number of rotatable bonds is 7. The van der Waals surface area contributed by atoms with Crippen molar-refractivity contribution in [2.75, 3.05) is 13.2 Å². The number of hydrogen-bond acceptors (Lipinski definition) is 4. The molecule has 0 atom stereocenters. The Morgan fingerprint density at radius 3 is 2.84 bits per heavy atom. The first-order valence-corrected chi connectivity index (χ1v) is 7.79. The van der Waals surface area contributed by atoms with E-state index in [9.17, 15) is 9.18 Å². The van der Waals surface area contributed by atoms with E-state index in [-0.39, 0.29) is 18.3 Å². The Kier molecular flexibility index (Phi) is 5.36. The van der Waals surface area contributed by atoms with Gasteiger partial charge in [-0.3, -0.25) is 14.5 Å². The average molecular weight is 340 g/mol. The highest BCUT2D eigenvalue weighted by atomic mass is 19.1. The summed E-state index contributed by atoms with van der Waals surface area (Å²) in [5.41, 5.74) is 1.94. The topological polar surface area (TPSA) is 69.0 Å². The molecule has 0 aliphatic carbocycles. The summed E-state index contributed by atoms with van der Waals surface area (Å²) in [4.78, 5) is 15.8. The summed E-state index contributed by atoms with van der Waals surface area (Å²) >= 11 is 0. The van der Waals surface area contributed by atoms with E-state index in [1.54, 1.807) is 35.4 Å². The van der Waals surface area contributed by atoms with Crippen molar-refractivity contribution in [3.8, 4) is 16.9 Å². The molecule has 6 nitrogen and oxygen atoms in total. The number of benzene rings is 1. The molecule has 2 heterocycles. The van der Waals surface area contributed by atoms with Gasteiger partial charge >= 0.3 is 0 Å². The van der Waals surface area contributed by atoms with Gasteiger partial charge in [0.1, 0.15) is 0 Å². The third-order valence-electron chi connectivity index (χ3n) is 3.49. The quantitative estimate of drug-likeness (QED) is 0.716. The molecule has 1 aromatic carbocycles. The van der Waals surface area contributed by atoms with E-state index in [0.717, 1.165) is 11.1 Å². The number of pyridine rings is 1. The molecule has 0 unspecified atom stereocenters. The van der Waals surface area contributed by atoms with Crippen molar-refractivity contribution in [3.63, 3.8) is 0 Å². The molecule has 3 aromatic rings. The summed E-state index contributed by atoms with van der Waals surface area (Å²) in [6.07, 6.45) is 7.12. The van der Waals surface area contributed by atoms with E-state index in [1.165, 1.54) is 12.1 Å². The Labute approximate surface area is 144 Å². The molecule has 0 saturated carbocycles. The number of amides is 1. The minimum absolute atomic E-state index is 0.0610. The van der Waals surface area contributed by atoms with Gasteiger partial charge in [-0.15, -0.1) is 0 Å². The minimum Gasteiger partial charge on any atom is -0.481 e. The Hall–Kier alpha value is -3.22. The number of aromatic nitrogens is 3. The van der Waals surface area contributed by atoms with Crippen LogP contribution in [0.2, 0.25) is 0 Å². The van der Waals surface area contributed by atoms with Gasteiger partial charge in [-0.2, -0.15) is 5.10 Å². The molecule has 128 valence electrons. The van der Waals surface area contributed by atoms with Gasteiger partial charge in [-0.1, -0.05) is 18.2 Å². The van der Waals surface area contributed by atoms with Gasteiger partial charge in [0.05, 0.1) is 12.7 Å². The number of carbonyl (C=O) groups is 1. The molecule has 0 aliphatic heterocycles. The molecule has 0 aliphatic rings. The normalized spacial score (nSPS) is 10.4. The fourth-order valence-corrected chi connectivity index (χ4v) is 2.23. The summed E-state index contributed by atoms with van der Waals surface area (Å²) < 4.78 is 20.3. The van der Waals surface area contributed by atoms with Crippen LogP contribution in [-0.2, 0) is 11.3 Å². The average Bonchev–Trinajstić information content (AvgIpc) is 3.11. The molecule has 0 bridgehead atoms. The third-order valence-corrected chi connectivity index (χ3v) is 3.49. The molecule has 0 spiro atoms. The van der Waals surface area contributed by atoms with Crippen molar-refractivity contribution in [1.29, 1.82) is 0 Å². The van der Waals surface area contributed by atoms with Crippen molar-refractivity contribution >= 4 is 5.91 Å². The van der Waals surface area contributed by atoms with Crippen LogP contribution >= 0.6 is 0 Å². The smallest absolute Gasteiger partial charge is 0.258 e. The standard InChI is InChI=1S/C18H17FN4O2/c19-16-5-1-2-6-17(16)25-13-18(24)21-8-9-23-12-15(11-22-23)14-4-3-7-20-10-14/h1-7,10-12H,8-9,13H2,(H,21,24). The molecule has 25 heavy (non-hydrogen) atoms. The Morgan fingerprint density at radius 2 is 2.04 bits per heavy atom. The van der Waals surface area contributed by atoms with Crippen LogP contribution in [0.1, 0.15) is 0 Å². The van der Waals surface area contributed by atoms with E-state index < -0.39 is 5.82 Å². The van der Waals surface area contributed by atoms with Crippen LogP contribution in [-0.4, -0.2) is 33.8 Å². The second kappa shape index (κ2) is 8.05. The summed E-state index contributed by atoms with van der Waals surface area (Å²) in [5, 5.41) is 6.96. The Morgan fingerprint density at radius 1 is 1.16 bits per heavy atom. The molecule has 2 aromatic heterocycles. The number of halogens is 1. The number of para-hydroxylation sites is 1. The van der Waals surface area contributed by atoms with Crippen molar-refractivity contribution in [2.45, 2.75) is 6.54 Å². The first-order valence-electron chi connectivity index (χ1n) is 7.79. The molecular weight excluding hydrogens is 323 g/mol. The maximum Gasteiger partial charge on any atom is 0.258 e. The molecular formula is C18H17FN4O2. The van der Waals surface area contributed by atoms with Crippen LogP contribution in [0.25, 0.3) is 11.1 Å². The molecule has 0 saturated heterocycles. The fourth-order valence-electron chi connectivity index (χ4n) is 2.23. The summed E-state index contributed by atoms with van der Waals surface area (Å²) in [7, 11) is 0. The zero-order valence-electron chi connectivity index (χ0n) is 13.4. The van der Waals surface area contributed by atoms with Gasteiger partial charge in [0.2, 0.25) is 0 Å². The highest BCUT2D eigenvalue weighted by Gasteiger charge is 2.06. The van der Waals surface area contributed by atoms with Crippen LogP contribution in [0.4, 0.5) is 4.39 Å². The van der Waals surface area contributed by atoms with Gasteiger partial charge in [0.15, 0.2) is 18.2 Å². The predicted molar refractivity (Wildman–Crippen MR) is 90.4 cm³/mol. The number of hydrogen-bond donors (Lipinski definition) is 1. The molecule has 0 radical (unpaired) electrons. The van der Waals surface area contributed by atoms with Crippen LogP contribution in [0.3, 0.4) is 0 Å². The lowest BCUT2D eigenvalue weighted by molar-refractivity contribution is -0.123. The molecule has 7 heteroatoms. The summed E-state index contributed by atoms with van der Waals surface area (Å²) in [5.74, 6) is -0.747. The maximum atomic E-state index is 13.4. The third kappa shape index (κ3) is 4.63. The maximum absolute atomic E-state index is 13.4. The molecule has 1 amide bonds. The van der Waals surface area contributed by atoms with Crippen LogP contribution in [0.15, 0.2) is 61.2 Å². The van der Waals surface area contributed by atoms with Crippen LogP contribution in [0.5, 0.6) is 5.75 Å². The summed E-state index contributed by atoms with van der Waals surface area (Å²) in [6, 6.07) is 9.79. The SMILES string of the molecule is O=C(COc1ccccc1F)NCCn1cc(-c2cccnc2)cn1. The second-order valence-corrected chi connectivity index (χ2v) is 5.30. The Balaban J connectivity index is 1.43. The number of carbonyl (C=O) groups excluding carboxylic acids is 1. The lowest BCUT2D eigenvalue weighted by atomic mass is 10.2. The fraction of sp³-hybridized carbons (Fsp3) is 0.167. The second-order valence-electron chi connectivity index (χ2n) is 5.30. The number of ether oxygens (including phenoxy) is 1. The van der Waals surface area contributed by atoms with Gasteiger partial charge in [-0.25, -0.2) is 4.39 Å². The monoisotopic (exact) mass is 340 g/mol. The van der Waals surface area contributed by atoms with E-state index in [0.29, 0.717) is 13.1 Å². The lowest BCUT2D eigenvalue weighted by Gasteiger charge is -2.08. The van der Waals surface area contributed by atoms with Gasteiger partial charge < -0.3 is 10.1 Å². The number of nitrogens with one attached hydrogen (secondary N) is 1. The minimum atomic E-state index is -0.491. The van der Waals surface area contributed by atoms with E-state index in [4.69, 9.17) is 4.74 Å². The van der Waals surface area contributed by atoms with Gasteiger partial charge in [-0.05, 0) is 18.2 Å². The highest BCUT2D eigenvalue weighted by molar-refractivity contribution is 5.77. The van der Waals surface area contributed by atoms with E-state index >= 15 is 0 Å². The molecule has 1 N–H and O–H groups in total. The van der Waals surface area contributed by atoms with Crippen LogP contribution in [0, 0.1) is 5.82 Å². The number of nitrogens with zero attached hydrogens (tertiary/aromatic N) is 3. The van der Waals surface area contributed by atoms with Crippen molar-refractivity contribution in [2.24, 2.45) is 0 Å². The predicted octanol–water partition coefficient (Wildman–Crippen LogP) is 2.28. The highest BCUT2D eigenvalue weighted by Crippen LogP contribution is 2.16. The molecule has 0 fully saturated rings. The zero-order chi connectivity index (χ0) is 17.5. The summed E-state index contributed by atoms with van der Waals surface area (Å²) in [6.45, 7) is 0.681. The van der Waals surface area contributed by atoms with Gasteiger partial charge in [0, 0.05) is 36.3 Å². The van der Waals surface area contributed by atoms with Crippen molar-refractivity contribution in [3.05, 3.63) is 67.0 Å². The van der Waals surface area contributed by atoms with Crippen molar-refractivity contribution < 1.29 is 13.9 Å². The zero-order valence-corrected chi connectivity index (χ0v) is 13.4. The lowest BCUT2D eigenvalue weighted by Crippen LogP contribution is -2.31. The van der Waals surface area contributed by atoms with Crippen LogP contribution < -0.4 is 10.1 Å². The van der Waals surface area contributed by atoms with E-state index in [1.807, 2.05) is 18.3 Å². The first-order chi connectivity index (χ1) is 12.2. The first kappa shape index (κ1) is 16.6. The van der Waals surface area contributed by atoms with Gasteiger partial charge in [0.25, 0.3) is 5.91 Å². The molecule has 3 rings (SSSR count). The largest absolute Gasteiger partial charge is 0.481 e. The van der Waals surface area contributed by atoms with Crippen molar-refractivity contribution in [1.82, 2.24) is 20.1 Å². The Bertz CT molecular complexity index is 836.